The molecule has 0 atom stereocenters. The van der Waals surface area contributed by atoms with E-state index in [1.54, 1.807) is 31.3 Å². The number of hydrogen-bond donors (Lipinski definition) is 1. The summed E-state index contributed by atoms with van der Waals surface area (Å²) >= 11 is 0. The van der Waals surface area contributed by atoms with Crippen molar-refractivity contribution in [1.82, 2.24) is 9.88 Å². The van der Waals surface area contributed by atoms with Gasteiger partial charge in [0, 0.05) is 12.2 Å². The lowest BCUT2D eigenvalue weighted by molar-refractivity contribution is 0.0933. The molecule has 1 saturated carbocycles. The van der Waals surface area contributed by atoms with Crippen LogP contribution >= 0.6 is 0 Å². The molecule has 1 aliphatic rings. The van der Waals surface area contributed by atoms with Crippen LogP contribution in [0.25, 0.3) is 11.0 Å². The van der Waals surface area contributed by atoms with Gasteiger partial charge in [0.1, 0.15) is 17.2 Å². The number of hydrogen-bond acceptors (Lipinski definition) is 3. The van der Waals surface area contributed by atoms with E-state index in [2.05, 4.69) is 5.32 Å². The number of furan rings is 1. The Hall–Kier alpha value is -2.89. The smallest absolute Gasteiger partial charge is 0.262 e. The third-order valence-electron chi connectivity index (χ3n) is 5.68. The molecule has 1 amide bonds. The Labute approximate surface area is 168 Å². The van der Waals surface area contributed by atoms with Crippen LogP contribution in [-0.4, -0.2) is 16.5 Å². The fourth-order valence-electron chi connectivity index (χ4n) is 4.13. The molecule has 29 heavy (non-hydrogen) atoms. The molecule has 2 aromatic heterocycles. The number of fused-ring (bicyclic) bond motifs is 1. The van der Waals surface area contributed by atoms with Crippen LogP contribution in [0, 0.1) is 12.7 Å². The lowest BCUT2D eigenvalue weighted by Crippen LogP contribution is -2.35. The van der Waals surface area contributed by atoms with Gasteiger partial charge in [-0.25, -0.2) is 4.39 Å². The zero-order valence-corrected chi connectivity index (χ0v) is 16.5. The van der Waals surface area contributed by atoms with Gasteiger partial charge in [-0.15, -0.1) is 0 Å². The summed E-state index contributed by atoms with van der Waals surface area (Å²) in [6.45, 7) is 2.01. The predicted molar refractivity (Wildman–Crippen MR) is 110 cm³/mol. The van der Waals surface area contributed by atoms with Crippen LogP contribution in [0.1, 0.15) is 60.2 Å². The summed E-state index contributed by atoms with van der Waals surface area (Å²) in [7, 11) is 0. The Kier molecular flexibility index (Phi) is 5.51. The standard InChI is InChI=1S/C23H25FN2O3/c1-15-20(22(27)25-18-6-4-2-3-5-7-18)21-19(29-15)12-13-26(23(21)28)14-16-8-10-17(24)11-9-16/h8-13,18H,2-7,14H2,1H3,(H,25,27). The largest absolute Gasteiger partial charge is 0.460 e. The minimum atomic E-state index is -0.320. The number of nitrogens with zero attached hydrogens (tertiary/aromatic N) is 1. The summed E-state index contributed by atoms with van der Waals surface area (Å²) in [6, 6.07) is 7.87. The molecule has 4 rings (SSSR count). The van der Waals surface area contributed by atoms with Crippen molar-refractivity contribution in [3.8, 4) is 0 Å². The molecule has 6 heteroatoms. The summed E-state index contributed by atoms with van der Waals surface area (Å²) in [4.78, 5) is 26.2. The van der Waals surface area contributed by atoms with Crippen LogP contribution in [0.15, 0.2) is 45.7 Å². The number of amides is 1. The average molecular weight is 396 g/mol. The lowest BCUT2D eigenvalue weighted by Gasteiger charge is -2.16. The molecular formula is C23H25FN2O3. The maximum absolute atomic E-state index is 13.2. The summed E-state index contributed by atoms with van der Waals surface area (Å²) in [6.07, 6.45) is 8.21. The van der Waals surface area contributed by atoms with Crippen molar-refractivity contribution in [3.05, 3.63) is 69.6 Å². The monoisotopic (exact) mass is 396 g/mol. The maximum atomic E-state index is 13.2. The number of carbonyl (C=O) groups is 1. The van der Waals surface area contributed by atoms with E-state index in [1.165, 1.54) is 29.5 Å². The fraction of sp³-hybridized carbons (Fsp3) is 0.391. The van der Waals surface area contributed by atoms with Crippen LogP contribution < -0.4 is 10.9 Å². The van der Waals surface area contributed by atoms with Gasteiger partial charge in [0.2, 0.25) is 0 Å². The van der Waals surface area contributed by atoms with E-state index >= 15 is 0 Å². The third kappa shape index (κ3) is 4.11. The highest BCUT2D eigenvalue weighted by Crippen LogP contribution is 2.24. The molecule has 1 N–H and O–H groups in total. The van der Waals surface area contributed by atoms with Crippen LogP contribution in [0.2, 0.25) is 0 Å². The van der Waals surface area contributed by atoms with E-state index in [4.69, 9.17) is 4.42 Å². The van der Waals surface area contributed by atoms with Crippen LogP contribution in [-0.2, 0) is 6.54 Å². The molecule has 2 heterocycles. The number of carbonyl (C=O) groups excluding carboxylic acids is 1. The second kappa shape index (κ2) is 8.23. The molecule has 0 radical (unpaired) electrons. The van der Waals surface area contributed by atoms with Gasteiger partial charge in [0.15, 0.2) is 0 Å². The second-order valence-corrected chi connectivity index (χ2v) is 7.81. The molecule has 1 fully saturated rings. The number of pyridine rings is 1. The van der Waals surface area contributed by atoms with Gasteiger partial charge in [-0.05, 0) is 43.5 Å². The minimum Gasteiger partial charge on any atom is -0.460 e. The molecule has 0 unspecified atom stereocenters. The number of rotatable bonds is 4. The van der Waals surface area contributed by atoms with Crippen molar-refractivity contribution in [3.63, 3.8) is 0 Å². The van der Waals surface area contributed by atoms with Gasteiger partial charge in [0.25, 0.3) is 11.5 Å². The van der Waals surface area contributed by atoms with E-state index in [0.29, 0.717) is 28.8 Å². The van der Waals surface area contributed by atoms with E-state index in [9.17, 15) is 14.0 Å². The number of aromatic nitrogens is 1. The van der Waals surface area contributed by atoms with Crippen LogP contribution in [0.5, 0.6) is 0 Å². The molecule has 1 aromatic carbocycles. The second-order valence-electron chi connectivity index (χ2n) is 7.81. The summed E-state index contributed by atoms with van der Waals surface area (Å²) in [5.74, 6) is -0.119. The van der Waals surface area contributed by atoms with Crippen molar-refractivity contribution in [1.29, 1.82) is 0 Å². The summed E-state index contributed by atoms with van der Waals surface area (Å²) in [5, 5.41) is 3.41. The molecular weight excluding hydrogens is 371 g/mol. The number of nitrogens with one attached hydrogen (secondary N) is 1. The van der Waals surface area contributed by atoms with Gasteiger partial charge in [-0.2, -0.15) is 0 Å². The van der Waals surface area contributed by atoms with E-state index in [0.717, 1.165) is 31.2 Å². The van der Waals surface area contributed by atoms with Crippen LogP contribution in [0.3, 0.4) is 0 Å². The summed E-state index contributed by atoms with van der Waals surface area (Å²) in [5.41, 5.74) is 1.25. The first kappa shape index (κ1) is 19.4. The van der Waals surface area contributed by atoms with E-state index < -0.39 is 0 Å². The molecule has 0 saturated heterocycles. The number of benzene rings is 1. The van der Waals surface area contributed by atoms with E-state index in [1.807, 2.05) is 0 Å². The third-order valence-corrected chi connectivity index (χ3v) is 5.68. The van der Waals surface area contributed by atoms with Gasteiger partial charge in [-0.1, -0.05) is 37.8 Å². The quantitative estimate of drug-likeness (QED) is 0.659. The molecule has 1 aliphatic carbocycles. The van der Waals surface area contributed by atoms with Crippen molar-refractivity contribution >= 4 is 16.9 Å². The predicted octanol–water partition coefficient (Wildman–Crippen LogP) is 4.54. The van der Waals surface area contributed by atoms with E-state index in [-0.39, 0.29) is 23.3 Å². The molecule has 0 bridgehead atoms. The highest BCUT2D eigenvalue weighted by Gasteiger charge is 2.24. The number of aryl methyl sites for hydroxylation is 1. The lowest BCUT2D eigenvalue weighted by atomic mass is 10.1. The fourth-order valence-corrected chi connectivity index (χ4v) is 4.13. The Bertz CT molecular complexity index is 1070. The molecule has 0 aliphatic heterocycles. The Balaban J connectivity index is 1.66. The zero-order chi connectivity index (χ0) is 20.4. The van der Waals surface area contributed by atoms with Gasteiger partial charge < -0.3 is 14.3 Å². The van der Waals surface area contributed by atoms with Gasteiger partial charge in [0.05, 0.1) is 17.5 Å². The maximum Gasteiger partial charge on any atom is 0.262 e. The van der Waals surface area contributed by atoms with Crippen molar-refractivity contribution in [2.75, 3.05) is 0 Å². The molecule has 152 valence electrons. The molecule has 3 aromatic rings. The number of halogens is 1. The Morgan fingerprint density at radius 2 is 1.83 bits per heavy atom. The highest BCUT2D eigenvalue weighted by atomic mass is 19.1. The topological polar surface area (TPSA) is 64.2 Å². The Morgan fingerprint density at radius 3 is 2.52 bits per heavy atom. The zero-order valence-electron chi connectivity index (χ0n) is 16.5. The summed E-state index contributed by atoms with van der Waals surface area (Å²) < 4.78 is 20.4. The van der Waals surface area contributed by atoms with Gasteiger partial charge in [-0.3, -0.25) is 9.59 Å². The highest BCUT2D eigenvalue weighted by molar-refractivity contribution is 6.07. The average Bonchev–Trinajstić information content (AvgIpc) is 2.86. The first-order chi connectivity index (χ1) is 14.0. The molecule has 5 nitrogen and oxygen atoms in total. The van der Waals surface area contributed by atoms with Crippen molar-refractivity contribution in [2.24, 2.45) is 0 Å². The SMILES string of the molecule is Cc1oc2ccn(Cc3ccc(F)cc3)c(=O)c2c1C(=O)NC1CCCCCC1. The van der Waals surface area contributed by atoms with Gasteiger partial charge >= 0.3 is 0 Å². The molecule has 0 spiro atoms. The minimum absolute atomic E-state index is 0.138. The Morgan fingerprint density at radius 1 is 1.14 bits per heavy atom. The first-order valence-electron chi connectivity index (χ1n) is 10.2. The van der Waals surface area contributed by atoms with Crippen molar-refractivity contribution < 1.29 is 13.6 Å². The van der Waals surface area contributed by atoms with Crippen molar-refractivity contribution in [2.45, 2.75) is 58.0 Å². The normalized spacial score (nSPS) is 15.4. The van der Waals surface area contributed by atoms with Crippen LogP contribution in [0.4, 0.5) is 4.39 Å². The first-order valence-corrected chi connectivity index (χ1v) is 10.2.